The van der Waals surface area contributed by atoms with Crippen molar-refractivity contribution in [2.24, 2.45) is 0 Å². The minimum absolute atomic E-state index is 0.0421. The molecule has 0 aliphatic heterocycles. The second-order valence-electron chi connectivity index (χ2n) is 4.73. The first kappa shape index (κ1) is 14.9. The number of ether oxygens (including phenoxy) is 1. The monoisotopic (exact) mass is 287 g/mol. The van der Waals surface area contributed by atoms with Crippen LogP contribution in [-0.4, -0.2) is 29.7 Å². The highest BCUT2D eigenvalue weighted by atomic mass is 16.6. The van der Waals surface area contributed by atoms with Gasteiger partial charge in [-0.15, -0.1) is 0 Å². The van der Waals surface area contributed by atoms with Crippen molar-refractivity contribution in [3.63, 3.8) is 0 Å². The van der Waals surface area contributed by atoms with Crippen molar-refractivity contribution in [2.75, 3.05) is 25.1 Å². The summed E-state index contributed by atoms with van der Waals surface area (Å²) in [6, 6.07) is 6.82. The zero-order valence-corrected chi connectivity index (χ0v) is 11.8. The summed E-state index contributed by atoms with van der Waals surface area (Å²) in [5.41, 5.74) is 2.06. The van der Waals surface area contributed by atoms with Crippen LogP contribution in [0.2, 0.25) is 0 Å². The highest BCUT2D eigenvalue weighted by molar-refractivity contribution is 5.94. The molecule has 0 atom stereocenters. The molecule has 2 aromatic rings. The molecule has 21 heavy (non-hydrogen) atoms. The Labute approximate surface area is 122 Å². The van der Waals surface area contributed by atoms with E-state index in [1.54, 1.807) is 30.5 Å². The lowest BCUT2D eigenvalue weighted by atomic mass is 10.1. The number of aromatic nitrogens is 1. The number of benzene rings is 1. The van der Waals surface area contributed by atoms with Crippen LogP contribution in [0.3, 0.4) is 0 Å². The van der Waals surface area contributed by atoms with E-state index in [4.69, 9.17) is 4.74 Å². The average Bonchev–Trinajstić information content (AvgIpc) is 2.45. The second kappa shape index (κ2) is 6.81. The Hall–Kier alpha value is -2.47. The third-order valence-corrected chi connectivity index (χ3v) is 2.85. The molecule has 0 unspecified atom stereocenters. The lowest BCUT2D eigenvalue weighted by Crippen LogP contribution is -2.11. The Morgan fingerprint density at radius 3 is 3.00 bits per heavy atom. The largest absolute Gasteiger partial charge is 0.377 e. The van der Waals surface area contributed by atoms with Gasteiger partial charge in [-0.05, 0) is 31.2 Å². The highest BCUT2D eigenvalue weighted by Crippen LogP contribution is 2.32. The maximum atomic E-state index is 11.3. The van der Waals surface area contributed by atoms with E-state index in [0.29, 0.717) is 36.3 Å². The maximum absolute atomic E-state index is 11.3. The van der Waals surface area contributed by atoms with Crippen LogP contribution >= 0.6 is 0 Å². The molecule has 0 saturated heterocycles. The number of nitrogens with zero attached hydrogens (tertiary/aromatic N) is 2. The summed E-state index contributed by atoms with van der Waals surface area (Å²) in [4.78, 5) is 15.0. The van der Waals surface area contributed by atoms with Crippen LogP contribution in [0.4, 0.5) is 11.4 Å². The number of nitro groups is 1. The van der Waals surface area contributed by atoms with Gasteiger partial charge in [-0.2, -0.15) is 0 Å². The van der Waals surface area contributed by atoms with E-state index < -0.39 is 0 Å². The normalized spacial score (nSPS) is 10.5. The second-order valence-corrected chi connectivity index (χ2v) is 4.73. The van der Waals surface area contributed by atoms with Gasteiger partial charge in [-0.3, -0.25) is 15.1 Å². The van der Waals surface area contributed by atoms with Crippen molar-refractivity contribution >= 4 is 22.3 Å². The summed E-state index contributed by atoms with van der Waals surface area (Å²) in [7, 11) is 0. The molecule has 6 heteroatoms. The summed E-state index contributed by atoms with van der Waals surface area (Å²) in [6.45, 7) is 7.06. The minimum Gasteiger partial charge on any atom is -0.377 e. The van der Waals surface area contributed by atoms with E-state index in [2.05, 4.69) is 16.9 Å². The van der Waals surface area contributed by atoms with E-state index in [1.165, 1.54) is 0 Å². The van der Waals surface area contributed by atoms with Crippen molar-refractivity contribution in [1.29, 1.82) is 0 Å². The van der Waals surface area contributed by atoms with Gasteiger partial charge in [0.2, 0.25) is 0 Å². The molecule has 1 heterocycles. The Morgan fingerprint density at radius 1 is 1.48 bits per heavy atom. The van der Waals surface area contributed by atoms with Crippen LogP contribution in [-0.2, 0) is 4.74 Å². The van der Waals surface area contributed by atoms with Gasteiger partial charge >= 0.3 is 5.69 Å². The molecule has 0 fully saturated rings. The predicted octanol–water partition coefficient (Wildman–Crippen LogP) is 3.15. The lowest BCUT2D eigenvalue weighted by molar-refractivity contribution is -0.382. The summed E-state index contributed by atoms with van der Waals surface area (Å²) in [6.07, 6.45) is 1.62. The SMILES string of the molecule is C=C(C)COCCNc1ccc2ncccc2c1[N+](=O)[O-]. The van der Waals surface area contributed by atoms with Crippen molar-refractivity contribution < 1.29 is 9.66 Å². The van der Waals surface area contributed by atoms with E-state index in [1.807, 2.05) is 6.92 Å². The molecule has 0 aliphatic carbocycles. The highest BCUT2D eigenvalue weighted by Gasteiger charge is 2.18. The number of hydrogen-bond donors (Lipinski definition) is 1. The molecule has 0 aliphatic rings. The van der Waals surface area contributed by atoms with Gasteiger partial charge in [0.1, 0.15) is 5.69 Å². The fourth-order valence-electron chi connectivity index (χ4n) is 1.98. The predicted molar refractivity (Wildman–Crippen MR) is 82.5 cm³/mol. The summed E-state index contributed by atoms with van der Waals surface area (Å²) in [5, 5.41) is 14.9. The van der Waals surface area contributed by atoms with Crippen LogP contribution in [0, 0.1) is 10.1 Å². The fourth-order valence-corrected chi connectivity index (χ4v) is 1.98. The van der Waals surface area contributed by atoms with E-state index in [-0.39, 0.29) is 10.6 Å². The van der Waals surface area contributed by atoms with Gasteiger partial charge in [0.05, 0.1) is 29.0 Å². The minimum atomic E-state index is -0.388. The molecule has 2 rings (SSSR count). The molecule has 0 bridgehead atoms. The Bertz CT molecular complexity index is 670. The van der Waals surface area contributed by atoms with Crippen molar-refractivity contribution in [3.8, 4) is 0 Å². The summed E-state index contributed by atoms with van der Waals surface area (Å²) < 4.78 is 5.36. The molecule has 6 nitrogen and oxygen atoms in total. The number of anilines is 1. The quantitative estimate of drug-likeness (QED) is 0.366. The lowest BCUT2D eigenvalue weighted by Gasteiger charge is -2.09. The third-order valence-electron chi connectivity index (χ3n) is 2.85. The number of pyridine rings is 1. The van der Waals surface area contributed by atoms with E-state index >= 15 is 0 Å². The number of nitro benzene ring substituents is 1. The molecule has 0 saturated carbocycles. The molecule has 1 N–H and O–H groups in total. The molecule has 1 aromatic carbocycles. The average molecular weight is 287 g/mol. The summed E-state index contributed by atoms with van der Waals surface area (Å²) in [5.74, 6) is 0. The molecule has 110 valence electrons. The van der Waals surface area contributed by atoms with Crippen LogP contribution in [0.1, 0.15) is 6.92 Å². The van der Waals surface area contributed by atoms with Crippen LogP contribution in [0.25, 0.3) is 10.9 Å². The van der Waals surface area contributed by atoms with Gasteiger partial charge in [0.15, 0.2) is 0 Å². The number of hydrogen-bond acceptors (Lipinski definition) is 5. The van der Waals surface area contributed by atoms with Crippen molar-refractivity contribution in [2.45, 2.75) is 6.92 Å². The van der Waals surface area contributed by atoms with Crippen LogP contribution < -0.4 is 5.32 Å². The Balaban J connectivity index is 2.14. The number of nitrogens with one attached hydrogen (secondary N) is 1. The van der Waals surface area contributed by atoms with Crippen LogP contribution in [0.5, 0.6) is 0 Å². The molecule has 1 aromatic heterocycles. The smallest absolute Gasteiger partial charge is 0.301 e. The Morgan fingerprint density at radius 2 is 2.29 bits per heavy atom. The van der Waals surface area contributed by atoms with Gasteiger partial charge in [0, 0.05) is 12.7 Å². The van der Waals surface area contributed by atoms with E-state index in [9.17, 15) is 10.1 Å². The topological polar surface area (TPSA) is 77.3 Å². The fraction of sp³-hybridized carbons (Fsp3) is 0.267. The molecule has 0 spiro atoms. The third kappa shape index (κ3) is 3.76. The summed E-state index contributed by atoms with van der Waals surface area (Å²) >= 11 is 0. The van der Waals surface area contributed by atoms with E-state index in [0.717, 1.165) is 5.57 Å². The van der Waals surface area contributed by atoms with Crippen LogP contribution in [0.15, 0.2) is 42.6 Å². The zero-order chi connectivity index (χ0) is 15.2. The van der Waals surface area contributed by atoms with Gasteiger partial charge in [-0.25, -0.2) is 0 Å². The first-order valence-corrected chi connectivity index (χ1v) is 6.57. The zero-order valence-electron chi connectivity index (χ0n) is 11.8. The maximum Gasteiger partial charge on any atom is 0.301 e. The molecular formula is C15H17N3O3. The van der Waals surface area contributed by atoms with Crippen molar-refractivity contribution in [1.82, 2.24) is 4.98 Å². The first-order valence-electron chi connectivity index (χ1n) is 6.57. The number of rotatable bonds is 7. The van der Waals surface area contributed by atoms with Crippen molar-refractivity contribution in [3.05, 3.63) is 52.7 Å². The Kier molecular flexibility index (Phi) is 4.84. The number of fused-ring (bicyclic) bond motifs is 1. The molecule has 0 amide bonds. The van der Waals surface area contributed by atoms with Gasteiger partial charge < -0.3 is 10.1 Å². The molecular weight excluding hydrogens is 270 g/mol. The van der Waals surface area contributed by atoms with Gasteiger partial charge in [-0.1, -0.05) is 12.2 Å². The van der Waals surface area contributed by atoms with Gasteiger partial charge in [0.25, 0.3) is 0 Å². The first-order chi connectivity index (χ1) is 10.1. The molecule has 0 radical (unpaired) electrons. The standard InChI is InChI=1S/C15H17N3O3/c1-11(2)10-21-9-8-17-14-6-5-13-12(4-3-7-16-13)15(14)18(19)20/h3-7,17H,1,8-10H2,2H3.